The summed E-state index contributed by atoms with van der Waals surface area (Å²) in [6, 6.07) is 14.8. The summed E-state index contributed by atoms with van der Waals surface area (Å²) in [4.78, 5) is 127. The Hall–Kier alpha value is -19.4. The maximum atomic E-state index is 13.5. The molecule has 15 N–H and O–H groups in total. The Morgan fingerprint density at radius 1 is 0.356 bits per heavy atom. The number of aryl methyl sites for hydroxylation is 3. The third-order valence-electron chi connectivity index (χ3n) is 24.8. The summed E-state index contributed by atoms with van der Waals surface area (Å²) in [5.41, 5.74) is 40.7. The number of hydrogen-bond acceptors (Lipinski definition) is 37. The number of rotatable bonds is 17. The molecule has 2 aromatic carbocycles. The number of carbonyl (C=O) groups is 7. The number of fused-ring (bicyclic) bond motifs is 5. The number of hydrogen-bond donors (Lipinski definition) is 10. The van der Waals surface area contributed by atoms with Crippen molar-refractivity contribution in [3.63, 3.8) is 0 Å². The zero-order chi connectivity index (χ0) is 105. The monoisotopic (exact) mass is 2030 g/mol. The fourth-order valence-corrected chi connectivity index (χ4v) is 17.3. The number of halogens is 5. The standard InChI is InChI=1S/C23H29FN10O2.C23H22FN9O2.C18H14FN7O.C15H12FN9O.C15H15FN8O/c1-14-19(32-5-3-15(4-6-32)23(36)33-9-7-31(2)8-10-33)17(12-27-29-14)28-22(35)18-20(25)30-34-13-16(24)11-26-21(18)34;1-31-6-8-32(9-7-31)23(35)15-4-2-14(3-5-15)17-11-27-28-12-18(17)29-22(34)19-20(25)30-33-13-16(24)10-26-21(19)33;1-10-4-2-3-5-12(10)13-7-22-23-8-14(13)24-18(27)15-16(20)25-26-9-11(19)6-21-17(15)26;1-24-7-18-5-11(24)9-3-20-21-4-10(9)22-15(26)12-13(17)23-25-6-8(16)2-19-14(12)25;16-9-5-18-14-12(13(17)22-24(14)8-9)15(25)21-10-6-19-20-7-11(10)23-3-1-2-4-23/h11-13,15H,3-10H2,1-2H3,(H2,25,30)(H,28,29,35);2-5,10-13H,6-9H2,1H3,(H2,25,30)(H,27,29,34);2-9H,1H3,(H2,20,25)(H,22,24,27);2-7H,1H3,(H2,17,23)(H,20,22,26);5-8H,1-4H2,(H2,17,22)(H,20,21,25). The lowest BCUT2D eigenvalue weighted by molar-refractivity contribution is -0.137. The van der Waals surface area contributed by atoms with Crippen LogP contribution in [0, 0.1) is 48.9 Å². The van der Waals surface area contributed by atoms with Gasteiger partial charge in [0.2, 0.25) is 5.91 Å². The number of anilines is 12. The van der Waals surface area contributed by atoms with Crippen LogP contribution in [-0.2, 0) is 11.8 Å². The number of likely N-dealkylation sites (N-methyl/N-ethyl adjacent to an activating group) is 2. The van der Waals surface area contributed by atoms with Gasteiger partial charge in [-0.05, 0) is 82.4 Å². The van der Waals surface area contributed by atoms with Gasteiger partial charge < -0.3 is 89.2 Å². The van der Waals surface area contributed by atoms with E-state index < -0.39 is 58.6 Å². The Kier molecular flexibility index (Phi) is 29.1. The SMILES string of the molecule is CN1CCN(C(=O)c2ccc(-c3cnncc3NC(=O)c3c(N)nn4cc(F)cnc34)cc2)CC1.Cc1ccccc1-c1cnncc1NC(=O)c1c(N)nn2cc(F)cnc12.Cc1nncc(NC(=O)c2c(N)nn3cc(F)cnc23)c1N1CCC(C(=O)N2CCN(C)CC2)CC1.Cn1cncc1-c1cnncc1NC(=O)c1c(N)nn2cc(F)cnc12.Nc1nn2cc(F)cnc2c1C(=O)Nc1cnncc1N1CCCC1. The van der Waals surface area contributed by atoms with Crippen molar-refractivity contribution in [2.45, 2.75) is 39.5 Å². The minimum absolute atomic E-state index is 0.0112. The van der Waals surface area contributed by atoms with Crippen molar-refractivity contribution in [1.82, 2.24) is 153 Å². The van der Waals surface area contributed by atoms with Gasteiger partial charge in [0.1, 0.15) is 27.8 Å². The zero-order valence-corrected chi connectivity index (χ0v) is 80.0. The molecule has 50 nitrogen and oxygen atoms in total. The molecular formula is C94H92F5N43O7. The van der Waals surface area contributed by atoms with E-state index in [0.717, 1.165) is 196 Å². The molecular weight excluding hydrogens is 1940 g/mol. The van der Waals surface area contributed by atoms with Gasteiger partial charge in [0.15, 0.2) is 86.4 Å². The first-order valence-electron chi connectivity index (χ1n) is 46.1. The van der Waals surface area contributed by atoms with Gasteiger partial charge in [-0.2, -0.15) is 51.0 Å². The first-order valence-corrected chi connectivity index (χ1v) is 46.1. The highest BCUT2D eigenvalue weighted by molar-refractivity contribution is 6.16. The van der Waals surface area contributed by atoms with Crippen molar-refractivity contribution in [2.24, 2.45) is 13.0 Å². The van der Waals surface area contributed by atoms with Crippen LogP contribution in [-0.4, -0.2) is 287 Å². The predicted molar refractivity (Wildman–Crippen MR) is 533 cm³/mol. The molecule has 55 heteroatoms. The minimum atomic E-state index is -0.609. The molecule has 4 aliphatic rings. The number of amides is 7. The maximum absolute atomic E-state index is 13.5. The largest absolute Gasteiger partial charge is 0.381 e. The highest BCUT2D eigenvalue weighted by Gasteiger charge is 2.35. The van der Waals surface area contributed by atoms with E-state index in [1.54, 1.807) is 53.8 Å². The first kappa shape index (κ1) is 99.7. The number of piperidine rings is 1. The van der Waals surface area contributed by atoms with Crippen LogP contribution in [0.5, 0.6) is 0 Å². The molecule has 16 aromatic heterocycles. The van der Waals surface area contributed by atoms with Crippen LogP contribution in [0.4, 0.5) is 90.9 Å². The number of nitrogens with zero attached hydrogens (tertiary/aromatic N) is 33. The number of nitrogens with one attached hydrogen (secondary N) is 5. The number of nitrogens with two attached hydrogens (primary N) is 5. The zero-order valence-electron chi connectivity index (χ0n) is 80.0. The van der Waals surface area contributed by atoms with Crippen molar-refractivity contribution in [3.8, 4) is 33.5 Å². The van der Waals surface area contributed by atoms with Crippen molar-refractivity contribution >= 4 is 138 Å². The van der Waals surface area contributed by atoms with E-state index in [9.17, 15) is 55.5 Å². The van der Waals surface area contributed by atoms with Gasteiger partial charge in [-0.1, -0.05) is 36.4 Å². The van der Waals surface area contributed by atoms with E-state index >= 15 is 0 Å². The molecule has 0 saturated carbocycles. The number of carbonyl (C=O) groups excluding carboxylic acids is 7. The second-order valence-corrected chi connectivity index (χ2v) is 34.7. The molecule has 0 atom stereocenters. The summed E-state index contributed by atoms with van der Waals surface area (Å²) in [5, 5.41) is 72.8. The molecule has 7 amide bonds. The Morgan fingerprint density at radius 3 is 1.14 bits per heavy atom. The number of aromatic nitrogens is 27. The third kappa shape index (κ3) is 21.8. The second kappa shape index (κ2) is 43.4. The third-order valence-corrected chi connectivity index (χ3v) is 24.8. The smallest absolute Gasteiger partial charge is 0.263 e. The van der Waals surface area contributed by atoms with Crippen molar-refractivity contribution < 1.29 is 55.5 Å². The summed E-state index contributed by atoms with van der Waals surface area (Å²) >= 11 is 0. The lowest BCUT2D eigenvalue weighted by atomic mass is 9.94. The van der Waals surface area contributed by atoms with Crippen LogP contribution in [0.25, 0.3) is 61.7 Å². The average Bonchev–Trinajstić information content (AvgIpc) is 1.78. The molecule has 149 heavy (non-hydrogen) atoms. The fourth-order valence-electron chi connectivity index (χ4n) is 17.3. The highest BCUT2D eigenvalue weighted by Crippen LogP contribution is 2.38. The summed E-state index contributed by atoms with van der Waals surface area (Å²) in [6.45, 7) is 13.3. The average molecular weight is 2030 g/mol. The first-order chi connectivity index (χ1) is 71.9. The van der Waals surface area contributed by atoms with Crippen LogP contribution < -0.4 is 65.1 Å². The summed E-state index contributed by atoms with van der Waals surface area (Å²) in [7, 11) is 5.92. The molecule has 0 bridgehead atoms. The topological polar surface area (TPSA) is 627 Å². The normalized spacial score (nSPS) is 13.9. The molecule has 22 rings (SSSR count). The van der Waals surface area contributed by atoms with Gasteiger partial charge in [-0.15, -0.1) is 25.5 Å². The van der Waals surface area contributed by atoms with Crippen molar-refractivity contribution in [2.75, 3.05) is 158 Å². The lowest BCUT2D eigenvalue weighted by Gasteiger charge is -2.38. The van der Waals surface area contributed by atoms with Crippen LogP contribution in [0.1, 0.15) is 99.1 Å². The van der Waals surface area contributed by atoms with E-state index in [2.05, 4.69) is 160 Å². The van der Waals surface area contributed by atoms with Crippen LogP contribution >= 0.6 is 0 Å². The molecule has 20 heterocycles. The number of piperazine rings is 2. The Balaban J connectivity index is 0.000000123. The Labute approximate surface area is 839 Å². The van der Waals surface area contributed by atoms with Gasteiger partial charge in [-0.25, -0.2) is 74.4 Å². The molecule has 760 valence electrons. The number of imidazole rings is 1. The van der Waals surface area contributed by atoms with Crippen LogP contribution in [0.2, 0.25) is 0 Å². The summed E-state index contributed by atoms with van der Waals surface area (Å²) < 4.78 is 74.3. The van der Waals surface area contributed by atoms with Crippen molar-refractivity contribution in [3.05, 3.63) is 253 Å². The quantitative estimate of drug-likeness (QED) is 0.0419. The molecule has 4 fully saturated rings. The van der Waals surface area contributed by atoms with Gasteiger partial charge in [0.25, 0.3) is 35.4 Å². The maximum Gasteiger partial charge on any atom is 0.263 e. The Bertz CT molecular complexity index is 8130. The fraction of sp³-hybridized carbons (Fsp3) is 0.234. The van der Waals surface area contributed by atoms with Crippen LogP contribution in [0.3, 0.4) is 0 Å². The lowest BCUT2D eigenvalue weighted by Crippen LogP contribution is -2.50. The van der Waals surface area contributed by atoms with E-state index in [4.69, 9.17) is 28.7 Å². The van der Waals surface area contributed by atoms with Crippen LogP contribution in [0.15, 0.2) is 179 Å². The van der Waals surface area contributed by atoms with E-state index in [1.165, 1.54) is 43.4 Å². The summed E-state index contributed by atoms with van der Waals surface area (Å²) in [6.07, 6.45) is 30.8. The van der Waals surface area contributed by atoms with E-state index in [-0.39, 0.29) is 103 Å². The Morgan fingerprint density at radius 2 is 0.718 bits per heavy atom. The number of nitrogen functional groups attached to an aromatic ring is 5. The van der Waals surface area contributed by atoms with E-state index in [1.807, 2.05) is 62.0 Å². The summed E-state index contributed by atoms with van der Waals surface area (Å²) in [5.74, 6) is -5.71. The highest BCUT2D eigenvalue weighted by atomic mass is 19.1. The minimum Gasteiger partial charge on any atom is -0.381 e. The van der Waals surface area contributed by atoms with Crippen molar-refractivity contribution in [1.29, 1.82) is 0 Å². The van der Waals surface area contributed by atoms with Gasteiger partial charge in [-0.3, -0.25) is 33.6 Å². The van der Waals surface area contributed by atoms with E-state index in [0.29, 0.717) is 82.6 Å². The molecule has 0 radical (unpaired) electrons. The second-order valence-electron chi connectivity index (χ2n) is 34.7. The van der Waals surface area contributed by atoms with Gasteiger partial charge in [0.05, 0.1) is 181 Å². The molecule has 4 aliphatic heterocycles. The molecule has 4 saturated heterocycles. The predicted octanol–water partition coefficient (Wildman–Crippen LogP) is 6.79. The van der Waals surface area contributed by atoms with Gasteiger partial charge >= 0.3 is 0 Å². The van der Waals surface area contributed by atoms with Gasteiger partial charge in [0, 0.05) is 114 Å². The molecule has 18 aromatic rings. The molecule has 0 spiro atoms. The molecule has 0 unspecified atom stereocenters. The number of benzene rings is 2. The molecule has 0 aliphatic carbocycles.